The maximum Gasteiger partial charge on any atom is 0.259 e. The van der Waals surface area contributed by atoms with Gasteiger partial charge in [-0.3, -0.25) is 4.79 Å². The smallest absolute Gasteiger partial charge is 0.259 e. The number of halogens is 1. The molecule has 0 spiro atoms. The maximum absolute atomic E-state index is 13.4. The van der Waals surface area contributed by atoms with Crippen LogP contribution >= 0.6 is 0 Å². The van der Waals surface area contributed by atoms with Crippen molar-refractivity contribution in [1.82, 2.24) is 29.7 Å². The second-order valence-corrected chi connectivity index (χ2v) is 9.71. The number of alkyl halides is 1. The van der Waals surface area contributed by atoms with Crippen LogP contribution in [0.2, 0.25) is 0 Å². The fourth-order valence-corrected chi connectivity index (χ4v) is 4.38. The summed E-state index contributed by atoms with van der Waals surface area (Å²) in [5, 5.41) is 11.3. The summed E-state index contributed by atoms with van der Waals surface area (Å²) in [7, 11) is 0. The summed E-state index contributed by atoms with van der Waals surface area (Å²) in [5.74, 6) is 1.45. The minimum absolute atomic E-state index is 0.292. The predicted molar refractivity (Wildman–Crippen MR) is 133 cm³/mol. The average molecular weight is 496 g/mol. The van der Waals surface area contributed by atoms with Crippen LogP contribution in [0.1, 0.15) is 58.7 Å². The average Bonchev–Trinajstić information content (AvgIpc) is 3.80. The van der Waals surface area contributed by atoms with Gasteiger partial charge in [0.05, 0.1) is 23.2 Å². The number of hydrogen-bond acceptors (Lipinski definition) is 7. The number of carbonyl (C=O) groups excluding carboxylic acids is 1. The second kappa shape index (κ2) is 8.29. The Bertz CT molecular complexity index is 1660. The van der Waals surface area contributed by atoms with Gasteiger partial charge in [-0.15, -0.1) is 0 Å². The van der Waals surface area contributed by atoms with E-state index < -0.39 is 6.17 Å². The zero-order chi connectivity index (χ0) is 25.1. The Morgan fingerprint density at radius 1 is 1.08 bits per heavy atom. The van der Waals surface area contributed by atoms with Gasteiger partial charge in [0.1, 0.15) is 12.0 Å². The van der Waals surface area contributed by atoms with E-state index in [2.05, 4.69) is 30.5 Å². The van der Waals surface area contributed by atoms with Crippen LogP contribution in [0.3, 0.4) is 0 Å². The van der Waals surface area contributed by atoms with Crippen LogP contribution in [0.25, 0.3) is 28.0 Å². The van der Waals surface area contributed by atoms with Gasteiger partial charge in [-0.1, -0.05) is 17.3 Å². The second-order valence-electron chi connectivity index (χ2n) is 9.71. The number of pyridine rings is 1. The number of benzene rings is 1. The van der Waals surface area contributed by atoms with Crippen molar-refractivity contribution in [3.8, 4) is 22.5 Å². The minimum Gasteiger partial charge on any atom is -0.339 e. The Morgan fingerprint density at radius 2 is 1.89 bits per heavy atom. The molecule has 184 valence electrons. The maximum atomic E-state index is 13.4. The number of nitrogens with zero attached hydrogens (tertiary/aromatic N) is 6. The molecule has 0 aliphatic heterocycles. The van der Waals surface area contributed by atoms with Crippen LogP contribution in [0.4, 0.5) is 10.1 Å². The van der Waals surface area contributed by atoms with E-state index in [9.17, 15) is 9.18 Å². The van der Waals surface area contributed by atoms with Crippen molar-refractivity contribution in [2.45, 2.75) is 44.2 Å². The molecule has 1 amide bonds. The van der Waals surface area contributed by atoms with Gasteiger partial charge in [0.15, 0.2) is 0 Å². The summed E-state index contributed by atoms with van der Waals surface area (Å²) < 4.78 is 20.3. The highest BCUT2D eigenvalue weighted by atomic mass is 19.1. The molecule has 2 saturated carbocycles. The van der Waals surface area contributed by atoms with E-state index in [0.29, 0.717) is 46.4 Å². The number of nitrogens with one attached hydrogen (secondary N) is 1. The molecule has 2 aliphatic carbocycles. The molecule has 10 heteroatoms. The normalized spacial score (nSPS) is 18.8. The third kappa shape index (κ3) is 4.04. The number of amides is 1. The summed E-state index contributed by atoms with van der Waals surface area (Å²) in [6.45, 7) is 1.90. The number of anilines is 1. The van der Waals surface area contributed by atoms with Crippen molar-refractivity contribution < 1.29 is 13.7 Å². The lowest BCUT2D eigenvalue weighted by atomic mass is 10.1. The molecule has 0 bridgehead atoms. The van der Waals surface area contributed by atoms with Crippen LogP contribution in [0.15, 0.2) is 59.6 Å². The summed E-state index contributed by atoms with van der Waals surface area (Å²) in [5.41, 5.74) is 5.05. The molecule has 7 rings (SSSR count). The van der Waals surface area contributed by atoms with Crippen LogP contribution in [0.5, 0.6) is 0 Å². The molecule has 9 nitrogen and oxygen atoms in total. The monoisotopic (exact) mass is 495 g/mol. The first kappa shape index (κ1) is 21.8. The molecule has 1 aromatic carbocycles. The lowest BCUT2D eigenvalue weighted by molar-refractivity contribution is 0.102. The number of carbonyl (C=O) groups is 1. The van der Waals surface area contributed by atoms with Crippen molar-refractivity contribution in [2.24, 2.45) is 0 Å². The van der Waals surface area contributed by atoms with Gasteiger partial charge in [-0.25, -0.2) is 18.9 Å². The predicted octanol–water partition coefficient (Wildman–Crippen LogP) is 5.10. The van der Waals surface area contributed by atoms with E-state index in [0.717, 1.165) is 35.4 Å². The Morgan fingerprint density at radius 3 is 2.65 bits per heavy atom. The van der Waals surface area contributed by atoms with Crippen LogP contribution in [-0.2, 0) is 0 Å². The molecule has 4 heterocycles. The molecular formula is C27H22FN7O2. The molecule has 2 atom stereocenters. The third-order valence-corrected chi connectivity index (χ3v) is 6.93. The summed E-state index contributed by atoms with van der Waals surface area (Å²) in [6, 6.07) is 9.35. The highest BCUT2D eigenvalue weighted by molar-refractivity contribution is 6.09. The van der Waals surface area contributed by atoms with Crippen molar-refractivity contribution in [3.05, 3.63) is 78.0 Å². The largest absolute Gasteiger partial charge is 0.339 e. The lowest BCUT2D eigenvalue weighted by Gasteiger charge is -2.09. The zero-order valence-corrected chi connectivity index (χ0v) is 19.9. The minimum atomic E-state index is -0.915. The summed E-state index contributed by atoms with van der Waals surface area (Å²) in [6.07, 6.45) is 8.83. The van der Waals surface area contributed by atoms with Gasteiger partial charge in [-0.05, 0) is 55.5 Å². The highest BCUT2D eigenvalue weighted by Crippen LogP contribution is 2.43. The molecule has 37 heavy (non-hydrogen) atoms. The third-order valence-electron chi connectivity index (χ3n) is 6.93. The first-order valence-electron chi connectivity index (χ1n) is 12.2. The Kier molecular flexibility index (Phi) is 4.88. The van der Waals surface area contributed by atoms with E-state index in [1.54, 1.807) is 16.8 Å². The zero-order valence-electron chi connectivity index (χ0n) is 19.9. The topological polar surface area (TPSA) is 111 Å². The van der Waals surface area contributed by atoms with Gasteiger partial charge >= 0.3 is 0 Å². The molecule has 2 fully saturated rings. The number of aromatic nitrogens is 6. The Balaban J connectivity index is 1.15. The fourth-order valence-electron chi connectivity index (χ4n) is 4.38. The van der Waals surface area contributed by atoms with Crippen LogP contribution in [0, 0.1) is 6.92 Å². The van der Waals surface area contributed by atoms with Gasteiger partial charge < -0.3 is 9.84 Å². The molecular weight excluding hydrogens is 473 g/mol. The van der Waals surface area contributed by atoms with E-state index in [1.807, 2.05) is 49.8 Å². The van der Waals surface area contributed by atoms with E-state index in [-0.39, 0.29) is 11.8 Å². The SMILES string of the molecule is Cc1ccc(-c2noc([C@H]3C[C@@H]3F)n2)cc1NC(=O)c1cnn2ccc(-c3cnc(C4CC4)nc3)cc12. The molecule has 1 N–H and O–H groups in total. The van der Waals surface area contributed by atoms with Crippen LogP contribution < -0.4 is 5.32 Å². The fraction of sp³-hybridized carbons (Fsp3) is 0.259. The number of hydrogen-bond donors (Lipinski definition) is 1. The molecule has 5 aromatic rings. The standard InChI is InChI=1S/C27H22FN7O2/c1-14-2-3-17(25-33-27(37-34-25)19-10-21(19)28)8-22(14)32-26(36)20-13-31-35-7-6-16(9-23(20)35)18-11-29-24(30-12-18)15-4-5-15/h2-3,6-9,11-13,15,19,21H,4-5,10H2,1H3,(H,32,36)/t19-,21-/m0/s1. The molecule has 0 unspecified atom stereocenters. The van der Waals surface area contributed by atoms with Crippen LogP contribution in [-0.4, -0.2) is 41.8 Å². The number of aryl methyl sites for hydroxylation is 1. The van der Waals surface area contributed by atoms with Crippen molar-refractivity contribution in [3.63, 3.8) is 0 Å². The molecule has 0 saturated heterocycles. The Labute approximate surface area is 210 Å². The lowest BCUT2D eigenvalue weighted by Crippen LogP contribution is -2.12. The van der Waals surface area contributed by atoms with Crippen molar-refractivity contribution >= 4 is 17.1 Å². The first-order valence-corrected chi connectivity index (χ1v) is 12.2. The van der Waals surface area contributed by atoms with E-state index >= 15 is 0 Å². The van der Waals surface area contributed by atoms with Gasteiger partial charge in [0.2, 0.25) is 11.7 Å². The quantitative estimate of drug-likeness (QED) is 0.349. The van der Waals surface area contributed by atoms with E-state index in [1.165, 1.54) is 0 Å². The molecule has 0 radical (unpaired) electrons. The molecule has 2 aliphatic rings. The van der Waals surface area contributed by atoms with Gasteiger partial charge in [0, 0.05) is 41.3 Å². The highest BCUT2D eigenvalue weighted by Gasteiger charge is 2.43. The summed E-state index contributed by atoms with van der Waals surface area (Å²) >= 11 is 0. The number of rotatable bonds is 6. The van der Waals surface area contributed by atoms with Gasteiger partial charge in [0.25, 0.3) is 5.91 Å². The Hall–Kier alpha value is -4.47. The van der Waals surface area contributed by atoms with Crippen molar-refractivity contribution in [2.75, 3.05) is 5.32 Å². The van der Waals surface area contributed by atoms with Crippen molar-refractivity contribution in [1.29, 1.82) is 0 Å². The van der Waals surface area contributed by atoms with E-state index in [4.69, 9.17) is 4.52 Å². The molecule has 4 aromatic heterocycles. The first-order chi connectivity index (χ1) is 18.0. The number of fused-ring (bicyclic) bond motifs is 1. The van der Waals surface area contributed by atoms with Gasteiger partial charge in [-0.2, -0.15) is 10.1 Å². The summed E-state index contributed by atoms with van der Waals surface area (Å²) in [4.78, 5) is 26.7.